The van der Waals surface area contributed by atoms with Gasteiger partial charge in [0.25, 0.3) is 0 Å². The molecule has 6 nitrogen and oxygen atoms in total. The van der Waals surface area contributed by atoms with Crippen LogP contribution >= 0.6 is 0 Å². The summed E-state index contributed by atoms with van der Waals surface area (Å²) in [7, 11) is 0. The van der Waals surface area contributed by atoms with E-state index in [1.165, 1.54) is 6.07 Å². The Morgan fingerprint density at radius 3 is 2.72 bits per heavy atom. The highest BCUT2D eigenvalue weighted by molar-refractivity contribution is 5.76. The highest BCUT2D eigenvalue weighted by atomic mass is 19.1. The molecule has 0 spiro atoms. The van der Waals surface area contributed by atoms with E-state index in [-0.39, 0.29) is 49.3 Å². The third-order valence-corrected chi connectivity index (χ3v) is 4.31. The van der Waals surface area contributed by atoms with Crippen molar-refractivity contribution in [2.75, 3.05) is 6.61 Å². The number of aliphatic hydroxyl groups excluding tert-OH is 1. The van der Waals surface area contributed by atoms with Gasteiger partial charge in [-0.05, 0) is 18.9 Å². The molecule has 0 aromatic heterocycles. The Hall–Kier alpha value is -1.99. The molecule has 0 bridgehead atoms. The summed E-state index contributed by atoms with van der Waals surface area (Å²) >= 11 is 0. The molecule has 0 radical (unpaired) electrons. The minimum absolute atomic E-state index is 0.0897. The number of carbonyl (C=O) groups is 2. The van der Waals surface area contributed by atoms with E-state index in [2.05, 4.69) is 10.6 Å². The van der Waals surface area contributed by atoms with Crippen LogP contribution in [0, 0.1) is 5.82 Å². The maximum Gasteiger partial charge on any atom is 0.222 e. The number of amides is 2. The lowest BCUT2D eigenvalue weighted by molar-refractivity contribution is -0.135. The van der Waals surface area contributed by atoms with Gasteiger partial charge in [0.2, 0.25) is 11.8 Å². The van der Waals surface area contributed by atoms with Crippen LogP contribution in [0.3, 0.4) is 0 Å². The monoisotopic (exact) mass is 352 g/mol. The van der Waals surface area contributed by atoms with Crippen LogP contribution in [0.25, 0.3) is 0 Å². The number of hydrogen-bond donors (Lipinski definition) is 3. The molecule has 1 aliphatic rings. The molecule has 1 heterocycles. The maximum atomic E-state index is 13.5. The van der Waals surface area contributed by atoms with Crippen molar-refractivity contribution in [1.82, 2.24) is 10.6 Å². The average Bonchev–Trinajstić information content (AvgIpc) is 2.62. The summed E-state index contributed by atoms with van der Waals surface area (Å²) in [6.07, 6.45) is 0.914. The summed E-state index contributed by atoms with van der Waals surface area (Å²) in [6.45, 7) is 1.66. The fraction of sp³-hybridized carbons (Fsp3) is 0.556. The van der Waals surface area contributed by atoms with E-state index in [4.69, 9.17) is 4.74 Å². The van der Waals surface area contributed by atoms with Gasteiger partial charge in [0.1, 0.15) is 11.9 Å². The van der Waals surface area contributed by atoms with Crippen LogP contribution in [0.4, 0.5) is 4.39 Å². The zero-order chi connectivity index (χ0) is 18.2. The summed E-state index contributed by atoms with van der Waals surface area (Å²) in [5.41, 5.74) is 0.427. The molecule has 3 atom stereocenters. The van der Waals surface area contributed by atoms with Crippen molar-refractivity contribution in [2.45, 2.75) is 57.4 Å². The normalized spacial score (nSPS) is 23.1. The molecule has 0 aliphatic carbocycles. The fourth-order valence-corrected chi connectivity index (χ4v) is 2.87. The van der Waals surface area contributed by atoms with Gasteiger partial charge < -0.3 is 20.5 Å². The van der Waals surface area contributed by atoms with E-state index in [1.807, 2.05) is 0 Å². The topological polar surface area (TPSA) is 87.7 Å². The molecule has 2 amide bonds. The SMILES string of the molecule is CCC(=O)N[C@@H]1CC[C@@H](CC(=O)NCc2ccccc2F)O[C@@H]1CO. The zero-order valence-electron chi connectivity index (χ0n) is 14.3. The van der Waals surface area contributed by atoms with Crippen molar-refractivity contribution < 1.29 is 23.8 Å². The molecule has 138 valence electrons. The molecule has 1 fully saturated rings. The van der Waals surface area contributed by atoms with Crippen molar-refractivity contribution in [2.24, 2.45) is 0 Å². The summed E-state index contributed by atoms with van der Waals surface area (Å²) in [4.78, 5) is 23.6. The molecule has 3 N–H and O–H groups in total. The third kappa shape index (κ3) is 5.79. The van der Waals surface area contributed by atoms with Crippen LogP contribution in [0.2, 0.25) is 0 Å². The van der Waals surface area contributed by atoms with Gasteiger partial charge >= 0.3 is 0 Å². The van der Waals surface area contributed by atoms with Gasteiger partial charge in [-0.15, -0.1) is 0 Å². The van der Waals surface area contributed by atoms with Crippen LogP contribution in [-0.2, 0) is 20.9 Å². The maximum absolute atomic E-state index is 13.5. The number of halogens is 1. The van der Waals surface area contributed by atoms with E-state index in [0.717, 1.165) is 0 Å². The van der Waals surface area contributed by atoms with E-state index in [9.17, 15) is 19.1 Å². The minimum atomic E-state index is -0.520. The first-order chi connectivity index (χ1) is 12.0. The molecular formula is C18H25FN2O4. The Bertz CT molecular complexity index is 596. The summed E-state index contributed by atoms with van der Waals surface area (Å²) in [6, 6.07) is 6.04. The average molecular weight is 352 g/mol. The van der Waals surface area contributed by atoms with Crippen LogP contribution in [0.1, 0.15) is 38.2 Å². The van der Waals surface area contributed by atoms with Crippen molar-refractivity contribution >= 4 is 11.8 Å². The van der Waals surface area contributed by atoms with Crippen molar-refractivity contribution in [3.63, 3.8) is 0 Å². The van der Waals surface area contributed by atoms with E-state index in [0.29, 0.717) is 24.8 Å². The number of rotatable bonds is 7. The first kappa shape index (κ1) is 19.3. The van der Waals surface area contributed by atoms with Crippen molar-refractivity contribution in [3.8, 4) is 0 Å². The second kappa shape index (κ2) is 9.48. The van der Waals surface area contributed by atoms with Gasteiger partial charge in [-0.25, -0.2) is 4.39 Å². The minimum Gasteiger partial charge on any atom is -0.394 e. The molecule has 7 heteroatoms. The smallest absolute Gasteiger partial charge is 0.222 e. The molecule has 25 heavy (non-hydrogen) atoms. The molecular weight excluding hydrogens is 327 g/mol. The first-order valence-corrected chi connectivity index (χ1v) is 8.59. The van der Waals surface area contributed by atoms with E-state index >= 15 is 0 Å². The molecule has 1 aliphatic heterocycles. The van der Waals surface area contributed by atoms with E-state index in [1.54, 1.807) is 25.1 Å². The Balaban J connectivity index is 1.80. The highest BCUT2D eigenvalue weighted by Gasteiger charge is 2.32. The van der Waals surface area contributed by atoms with Crippen LogP contribution < -0.4 is 10.6 Å². The van der Waals surface area contributed by atoms with Gasteiger partial charge in [-0.3, -0.25) is 9.59 Å². The number of nitrogens with one attached hydrogen (secondary N) is 2. The molecule has 1 aromatic carbocycles. The van der Waals surface area contributed by atoms with Gasteiger partial charge in [0, 0.05) is 18.5 Å². The lowest BCUT2D eigenvalue weighted by Crippen LogP contribution is -2.51. The van der Waals surface area contributed by atoms with E-state index < -0.39 is 6.10 Å². The predicted octanol–water partition coefficient (Wildman–Crippen LogP) is 1.27. The van der Waals surface area contributed by atoms with Crippen LogP contribution in [0.5, 0.6) is 0 Å². The number of benzene rings is 1. The standard InChI is InChI=1S/C18H25FN2O4/c1-2-17(23)21-15-8-7-13(25-16(15)11-22)9-18(24)20-10-12-5-3-4-6-14(12)19/h3-6,13,15-16,22H,2,7-11H2,1H3,(H,20,24)(H,21,23)/t13-,15+,16+/m0/s1. The van der Waals surface area contributed by atoms with Gasteiger partial charge in [0.05, 0.1) is 25.2 Å². The number of aliphatic hydroxyl groups is 1. The molecule has 0 unspecified atom stereocenters. The predicted molar refractivity (Wildman–Crippen MR) is 90.1 cm³/mol. The fourth-order valence-electron chi connectivity index (χ4n) is 2.87. The highest BCUT2D eigenvalue weighted by Crippen LogP contribution is 2.22. The molecule has 1 saturated heterocycles. The zero-order valence-corrected chi connectivity index (χ0v) is 14.3. The third-order valence-electron chi connectivity index (χ3n) is 4.31. The largest absolute Gasteiger partial charge is 0.394 e. The Kier molecular flexibility index (Phi) is 7.33. The number of ether oxygens (including phenoxy) is 1. The molecule has 0 saturated carbocycles. The van der Waals surface area contributed by atoms with Gasteiger partial charge in [-0.2, -0.15) is 0 Å². The Morgan fingerprint density at radius 1 is 1.28 bits per heavy atom. The second-order valence-electron chi connectivity index (χ2n) is 6.16. The second-order valence-corrected chi connectivity index (χ2v) is 6.16. The first-order valence-electron chi connectivity index (χ1n) is 8.59. The lowest BCUT2D eigenvalue weighted by Gasteiger charge is -2.36. The lowest BCUT2D eigenvalue weighted by atomic mass is 9.96. The Morgan fingerprint density at radius 2 is 2.04 bits per heavy atom. The Labute approximate surface area is 146 Å². The van der Waals surface area contributed by atoms with Crippen LogP contribution in [0.15, 0.2) is 24.3 Å². The quantitative estimate of drug-likeness (QED) is 0.690. The van der Waals surface area contributed by atoms with Crippen molar-refractivity contribution in [1.29, 1.82) is 0 Å². The summed E-state index contributed by atoms with van der Waals surface area (Å²) < 4.78 is 19.3. The van der Waals surface area contributed by atoms with Crippen LogP contribution in [-0.4, -0.2) is 41.8 Å². The van der Waals surface area contributed by atoms with Gasteiger partial charge in [0.15, 0.2) is 0 Å². The van der Waals surface area contributed by atoms with Crippen molar-refractivity contribution in [3.05, 3.63) is 35.6 Å². The number of hydrogen-bond acceptors (Lipinski definition) is 4. The van der Waals surface area contributed by atoms with Gasteiger partial charge in [-0.1, -0.05) is 25.1 Å². The molecule has 2 rings (SSSR count). The summed E-state index contributed by atoms with van der Waals surface area (Å²) in [5.74, 6) is -0.680. The molecule has 1 aromatic rings. The summed E-state index contributed by atoms with van der Waals surface area (Å²) in [5, 5.41) is 15.0. The number of carbonyl (C=O) groups excluding carboxylic acids is 2.